The lowest BCUT2D eigenvalue weighted by molar-refractivity contribution is 0.0697. The third kappa shape index (κ3) is 4.18. The summed E-state index contributed by atoms with van der Waals surface area (Å²) in [4.78, 5) is 16.7. The Morgan fingerprint density at radius 2 is 1.60 bits per heavy atom. The Bertz CT molecular complexity index is 998. The fraction of sp³-hybridized carbons (Fsp3) is 0.385. The van der Waals surface area contributed by atoms with E-state index in [0.29, 0.717) is 12.3 Å². The SMILES string of the molecule is C=CCO/N=C(\c1ccc(C(=O)O)cc1)c1cc2c(cc1C)C(C)(C)CCC2(C)C. The van der Waals surface area contributed by atoms with Gasteiger partial charge in [-0.05, 0) is 65.5 Å². The second-order valence-corrected chi connectivity index (χ2v) is 9.39. The van der Waals surface area contributed by atoms with Gasteiger partial charge in [0.05, 0.1) is 5.56 Å². The number of hydrogen-bond donors (Lipinski definition) is 1. The average Bonchev–Trinajstić information content (AvgIpc) is 2.69. The molecule has 0 saturated heterocycles. The average molecular weight is 406 g/mol. The number of carboxylic acid groups (broad SMARTS) is 1. The van der Waals surface area contributed by atoms with E-state index >= 15 is 0 Å². The van der Waals surface area contributed by atoms with Crippen molar-refractivity contribution in [1.82, 2.24) is 0 Å². The maximum Gasteiger partial charge on any atom is 0.335 e. The van der Waals surface area contributed by atoms with Crippen LogP contribution in [-0.4, -0.2) is 23.4 Å². The van der Waals surface area contributed by atoms with Gasteiger partial charge in [-0.1, -0.05) is 63.7 Å². The number of fused-ring (bicyclic) bond motifs is 1. The number of carboxylic acids is 1. The van der Waals surface area contributed by atoms with Gasteiger partial charge in [0.1, 0.15) is 12.3 Å². The summed E-state index contributed by atoms with van der Waals surface area (Å²) >= 11 is 0. The minimum atomic E-state index is -0.947. The molecule has 4 nitrogen and oxygen atoms in total. The van der Waals surface area contributed by atoms with E-state index in [-0.39, 0.29) is 16.4 Å². The monoisotopic (exact) mass is 405 g/mol. The quantitative estimate of drug-likeness (QED) is 0.278. The number of oxime groups is 1. The normalized spacial score (nSPS) is 17.2. The van der Waals surface area contributed by atoms with Crippen LogP contribution in [0.15, 0.2) is 54.2 Å². The van der Waals surface area contributed by atoms with Crippen molar-refractivity contribution >= 4 is 11.7 Å². The molecule has 0 aromatic heterocycles. The van der Waals surface area contributed by atoms with Crippen molar-refractivity contribution in [3.8, 4) is 0 Å². The summed E-state index contributed by atoms with van der Waals surface area (Å²) in [5, 5.41) is 13.6. The van der Waals surface area contributed by atoms with Crippen LogP contribution < -0.4 is 0 Å². The first-order chi connectivity index (χ1) is 14.1. The second kappa shape index (κ2) is 8.10. The highest BCUT2D eigenvalue weighted by molar-refractivity contribution is 6.14. The fourth-order valence-corrected chi connectivity index (χ4v) is 4.16. The van der Waals surface area contributed by atoms with Crippen molar-refractivity contribution in [2.75, 3.05) is 6.61 Å². The zero-order valence-corrected chi connectivity index (χ0v) is 18.6. The Balaban J connectivity index is 2.18. The van der Waals surface area contributed by atoms with E-state index in [1.807, 2.05) is 0 Å². The van der Waals surface area contributed by atoms with E-state index in [1.165, 1.54) is 11.1 Å². The van der Waals surface area contributed by atoms with Gasteiger partial charge >= 0.3 is 5.97 Å². The summed E-state index contributed by atoms with van der Waals surface area (Å²) in [5.74, 6) is -0.947. The minimum absolute atomic E-state index is 0.0769. The summed E-state index contributed by atoms with van der Waals surface area (Å²) < 4.78 is 0. The minimum Gasteiger partial charge on any atom is -0.478 e. The molecule has 1 aliphatic carbocycles. The van der Waals surface area contributed by atoms with E-state index < -0.39 is 5.97 Å². The number of rotatable bonds is 6. The van der Waals surface area contributed by atoms with Gasteiger partial charge in [-0.3, -0.25) is 0 Å². The Labute approximate surface area is 179 Å². The maximum absolute atomic E-state index is 11.2. The van der Waals surface area contributed by atoms with Crippen molar-refractivity contribution in [2.45, 2.75) is 58.3 Å². The summed E-state index contributed by atoms with van der Waals surface area (Å²) in [5.41, 5.74) is 6.85. The molecule has 3 rings (SSSR count). The molecule has 0 unspecified atom stereocenters. The highest BCUT2D eigenvalue weighted by atomic mass is 16.6. The molecule has 0 heterocycles. The number of nitrogens with zero attached hydrogens (tertiary/aromatic N) is 1. The smallest absolute Gasteiger partial charge is 0.335 e. The lowest BCUT2D eigenvalue weighted by atomic mass is 9.62. The third-order valence-corrected chi connectivity index (χ3v) is 6.21. The zero-order chi connectivity index (χ0) is 22.1. The third-order valence-electron chi connectivity index (χ3n) is 6.21. The van der Waals surface area contributed by atoms with Crippen LogP contribution in [0.2, 0.25) is 0 Å². The first-order valence-electron chi connectivity index (χ1n) is 10.4. The fourth-order valence-electron chi connectivity index (χ4n) is 4.16. The Morgan fingerprint density at radius 1 is 1.07 bits per heavy atom. The molecule has 2 aromatic rings. The van der Waals surface area contributed by atoms with E-state index in [4.69, 9.17) is 4.84 Å². The van der Waals surface area contributed by atoms with E-state index in [1.54, 1.807) is 30.3 Å². The van der Waals surface area contributed by atoms with Crippen LogP contribution in [0.25, 0.3) is 0 Å². The molecule has 0 aliphatic heterocycles. The van der Waals surface area contributed by atoms with Crippen LogP contribution in [-0.2, 0) is 15.7 Å². The molecule has 0 amide bonds. The number of hydrogen-bond acceptors (Lipinski definition) is 3. The molecule has 2 aromatic carbocycles. The highest BCUT2D eigenvalue weighted by Gasteiger charge is 2.37. The summed E-state index contributed by atoms with van der Waals surface area (Å²) in [6.45, 7) is 15.3. The van der Waals surface area contributed by atoms with Crippen molar-refractivity contribution in [2.24, 2.45) is 5.16 Å². The van der Waals surface area contributed by atoms with E-state index in [9.17, 15) is 9.90 Å². The van der Waals surface area contributed by atoms with Gasteiger partial charge in [-0.15, -0.1) is 0 Å². The zero-order valence-electron chi connectivity index (χ0n) is 18.6. The summed E-state index contributed by atoms with van der Waals surface area (Å²) in [7, 11) is 0. The van der Waals surface area contributed by atoms with Crippen LogP contribution in [0.5, 0.6) is 0 Å². The lowest BCUT2D eigenvalue weighted by Crippen LogP contribution is -2.34. The van der Waals surface area contributed by atoms with Crippen LogP contribution in [0.4, 0.5) is 0 Å². The van der Waals surface area contributed by atoms with Gasteiger partial charge in [0.15, 0.2) is 0 Å². The van der Waals surface area contributed by atoms with Crippen LogP contribution in [0.3, 0.4) is 0 Å². The van der Waals surface area contributed by atoms with Gasteiger partial charge in [-0.25, -0.2) is 4.79 Å². The Morgan fingerprint density at radius 3 is 2.13 bits per heavy atom. The number of aromatic carboxylic acids is 1. The molecule has 1 N–H and O–H groups in total. The molecule has 158 valence electrons. The number of aryl methyl sites for hydroxylation is 1. The van der Waals surface area contributed by atoms with E-state index in [2.05, 4.69) is 58.5 Å². The van der Waals surface area contributed by atoms with Gasteiger partial charge in [0.25, 0.3) is 0 Å². The molecule has 0 spiro atoms. The van der Waals surface area contributed by atoms with Gasteiger partial charge in [0.2, 0.25) is 0 Å². The predicted molar refractivity (Wildman–Crippen MR) is 122 cm³/mol. The summed E-state index contributed by atoms with van der Waals surface area (Å²) in [6, 6.07) is 11.3. The molecule has 0 radical (unpaired) electrons. The van der Waals surface area contributed by atoms with Crippen LogP contribution >= 0.6 is 0 Å². The Kier molecular flexibility index (Phi) is 5.89. The molecule has 0 saturated carbocycles. The molecule has 0 fully saturated rings. The van der Waals surface area contributed by atoms with E-state index in [0.717, 1.165) is 29.5 Å². The molecule has 30 heavy (non-hydrogen) atoms. The maximum atomic E-state index is 11.2. The van der Waals surface area contributed by atoms with Gasteiger partial charge in [-0.2, -0.15) is 0 Å². The second-order valence-electron chi connectivity index (χ2n) is 9.39. The van der Waals surface area contributed by atoms with Crippen molar-refractivity contribution in [3.63, 3.8) is 0 Å². The predicted octanol–water partition coefficient (Wildman–Crippen LogP) is 6.00. The standard InChI is InChI=1S/C26H31NO3/c1-7-14-30-27-23(18-8-10-19(11-9-18)24(28)29)20-16-22-21(15-17(20)2)25(3,4)12-13-26(22,5)6/h7-11,15-16H,1,12-14H2,2-6H3,(H,28,29)/b27-23+. The van der Waals surface area contributed by atoms with Crippen molar-refractivity contribution < 1.29 is 14.7 Å². The largest absolute Gasteiger partial charge is 0.478 e. The van der Waals surface area contributed by atoms with Gasteiger partial charge in [0, 0.05) is 11.1 Å². The Hall–Kier alpha value is -2.88. The molecule has 1 aliphatic rings. The molecular weight excluding hydrogens is 374 g/mol. The first kappa shape index (κ1) is 21.8. The molecule has 0 bridgehead atoms. The molecule has 4 heteroatoms. The molecule has 0 atom stereocenters. The summed E-state index contributed by atoms with van der Waals surface area (Å²) in [6.07, 6.45) is 3.94. The van der Waals surface area contributed by atoms with Crippen molar-refractivity contribution in [1.29, 1.82) is 0 Å². The van der Waals surface area contributed by atoms with Gasteiger partial charge < -0.3 is 9.94 Å². The highest BCUT2D eigenvalue weighted by Crippen LogP contribution is 2.46. The first-order valence-corrected chi connectivity index (χ1v) is 10.4. The molecular formula is C26H31NO3. The topological polar surface area (TPSA) is 58.9 Å². The van der Waals surface area contributed by atoms with Crippen molar-refractivity contribution in [3.05, 3.63) is 82.4 Å². The lowest BCUT2D eigenvalue weighted by Gasteiger charge is -2.42. The number of carbonyl (C=O) groups is 1. The number of benzene rings is 2. The van der Waals surface area contributed by atoms with Crippen LogP contribution in [0.1, 0.15) is 78.7 Å². The van der Waals surface area contributed by atoms with Crippen LogP contribution in [0, 0.1) is 6.92 Å².